The normalized spacial score (nSPS) is 9.10. The van der Waals surface area contributed by atoms with E-state index in [0.29, 0.717) is 12.0 Å². The number of hydrogen-bond acceptors (Lipinski definition) is 3. The van der Waals surface area contributed by atoms with E-state index in [4.69, 9.17) is 5.26 Å². The Morgan fingerprint density at radius 3 is 2.30 bits per heavy atom. The molecular weight excluding hydrogens is 400 g/mol. The minimum atomic E-state index is -0.0978. The maximum Gasteiger partial charge on any atom is 1.00 e. The zero-order valence-corrected chi connectivity index (χ0v) is 21.7. The van der Waals surface area contributed by atoms with E-state index in [2.05, 4.69) is 29.9 Å². The van der Waals surface area contributed by atoms with Crippen LogP contribution in [0.15, 0.2) is 42.7 Å². The number of nitrogens with zero attached hydrogens (tertiary/aromatic N) is 3. The van der Waals surface area contributed by atoms with Gasteiger partial charge >= 0.3 is 51.4 Å². The van der Waals surface area contributed by atoms with Crippen LogP contribution in [0.2, 0.25) is 0 Å². The third-order valence-corrected chi connectivity index (χ3v) is 4.21. The summed E-state index contributed by atoms with van der Waals surface area (Å²) in [5.41, 5.74) is 6.28. The number of aryl methyl sites for hydroxylation is 4. The van der Waals surface area contributed by atoms with Gasteiger partial charge in [0.1, 0.15) is 5.82 Å². The van der Waals surface area contributed by atoms with Crippen LogP contribution in [-0.4, -0.2) is 9.97 Å². The van der Waals surface area contributed by atoms with E-state index in [9.17, 15) is 4.39 Å². The average molecular weight is 428 g/mol. The van der Waals surface area contributed by atoms with Crippen molar-refractivity contribution in [1.29, 1.82) is 5.26 Å². The van der Waals surface area contributed by atoms with Gasteiger partial charge in [-0.25, -0.2) is 4.39 Å². The van der Waals surface area contributed by atoms with E-state index in [1.165, 1.54) is 0 Å². The fraction of sp³-hybridized carbons (Fsp3) is 0.240. The van der Waals surface area contributed by atoms with Crippen molar-refractivity contribution < 1.29 is 55.8 Å². The quantitative estimate of drug-likeness (QED) is 0.467. The molecule has 0 atom stereocenters. The molecule has 152 valence electrons. The maximum absolute atomic E-state index is 12.8. The van der Waals surface area contributed by atoms with Gasteiger partial charge in [0.05, 0.1) is 6.33 Å². The van der Waals surface area contributed by atoms with Gasteiger partial charge in [-0.1, -0.05) is 49.9 Å². The van der Waals surface area contributed by atoms with Gasteiger partial charge in [0.15, 0.2) is 0 Å². The van der Waals surface area contributed by atoms with Gasteiger partial charge in [0.25, 0.3) is 0 Å². The first-order valence-electron chi connectivity index (χ1n) is 9.37. The monoisotopic (exact) mass is 427 g/mol. The van der Waals surface area contributed by atoms with Crippen LogP contribution in [0, 0.1) is 57.8 Å². The van der Waals surface area contributed by atoms with Crippen molar-refractivity contribution in [2.75, 3.05) is 0 Å². The molecule has 0 radical (unpaired) electrons. The molecule has 3 rings (SSSR count). The van der Waals surface area contributed by atoms with Crippen LogP contribution < -0.4 is 51.4 Å². The first-order chi connectivity index (χ1) is 13.8. The summed E-state index contributed by atoms with van der Waals surface area (Å²) in [5.74, 6) is -0.0978. The van der Waals surface area contributed by atoms with Gasteiger partial charge in [-0.2, -0.15) is 18.9 Å². The molecule has 30 heavy (non-hydrogen) atoms. The fourth-order valence-electron chi connectivity index (χ4n) is 2.27. The van der Waals surface area contributed by atoms with Crippen LogP contribution in [0.5, 0.6) is 0 Å². The van der Waals surface area contributed by atoms with Crippen molar-refractivity contribution in [3.63, 3.8) is 0 Å². The summed E-state index contributed by atoms with van der Waals surface area (Å²) in [7, 11) is 0. The van der Waals surface area contributed by atoms with Gasteiger partial charge in [-0.3, -0.25) is 5.26 Å². The number of nitriles is 1. The number of rotatable bonds is 2. The Bertz CT molecular complexity index is 965. The van der Waals surface area contributed by atoms with E-state index in [0.717, 1.165) is 40.1 Å². The van der Waals surface area contributed by atoms with E-state index in [1.54, 1.807) is 31.5 Å². The molecule has 0 N–H and O–H groups in total. The van der Waals surface area contributed by atoms with Gasteiger partial charge in [-0.05, 0) is 36.6 Å². The Labute approximate surface area is 223 Å². The molecule has 0 aliphatic rings. The van der Waals surface area contributed by atoms with Crippen LogP contribution in [0.4, 0.5) is 4.39 Å². The van der Waals surface area contributed by atoms with Crippen molar-refractivity contribution in [1.82, 2.24) is 9.97 Å². The van der Waals surface area contributed by atoms with Crippen molar-refractivity contribution in [2.24, 2.45) is 0 Å². The number of aromatic nitrogens is 2. The van der Waals surface area contributed by atoms with Gasteiger partial charge in [-0.15, -0.1) is 29.8 Å². The van der Waals surface area contributed by atoms with E-state index in [-0.39, 0.29) is 57.2 Å². The topological polar surface area (TPSA) is 49.6 Å². The summed E-state index contributed by atoms with van der Waals surface area (Å²) in [6.07, 6.45) is 3.13. The van der Waals surface area contributed by atoms with Crippen LogP contribution in [-0.2, 0) is 12.8 Å². The zero-order chi connectivity index (χ0) is 21.8. The van der Waals surface area contributed by atoms with E-state index < -0.39 is 0 Å². The summed E-state index contributed by atoms with van der Waals surface area (Å²) < 4.78 is 12.8. The molecule has 0 saturated carbocycles. The molecule has 5 heteroatoms. The Kier molecular flexibility index (Phi) is 14.5. The molecular formula is C25H27FKN3-2. The molecule has 0 fully saturated rings. The number of halogens is 1. The van der Waals surface area contributed by atoms with E-state index >= 15 is 0 Å². The molecule has 0 spiro atoms. The Morgan fingerprint density at radius 2 is 1.83 bits per heavy atom. The molecule has 0 amide bonds. The molecule has 0 bridgehead atoms. The molecule has 0 aliphatic heterocycles. The summed E-state index contributed by atoms with van der Waals surface area (Å²) in [6, 6.07) is 15.7. The molecule has 1 aromatic heterocycles. The predicted octanol–water partition coefficient (Wildman–Crippen LogP) is 2.71. The Morgan fingerprint density at radius 1 is 1.13 bits per heavy atom. The second kappa shape index (κ2) is 15.3. The Balaban J connectivity index is 0.000000414. The van der Waals surface area contributed by atoms with Crippen molar-refractivity contribution in [3.05, 3.63) is 108 Å². The zero-order valence-electron chi connectivity index (χ0n) is 18.6. The molecule has 0 unspecified atom stereocenters. The van der Waals surface area contributed by atoms with Crippen LogP contribution in [0.3, 0.4) is 0 Å². The third kappa shape index (κ3) is 9.97. The summed E-state index contributed by atoms with van der Waals surface area (Å²) in [5, 5.41) is 8.38. The second-order valence-electron chi connectivity index (χ2n) is 6.46. The van der Waals surface area contributed by atoms with Crippen LogP contribution in [0.25, 0.3) is 0 Å². The maximum atomic E-state index is 12.8. The van der Waals surface area contributed by atoms with Gasteiger partial charge in [0.2, 0.25) is 0 Å². The van der Waals surface area contributed by atoms with E-state index in [1.807, 2.05) is 45.0 Å². The third-order valence-electron chi connectivity index (χ3n) is 4.21. The second-order valence-corrected chi connectivity index (χ2v) is 6.46. The van der Waals surface area contributed by atoms with Crippen LogP contribution in [0.1, 0.15) is 46.1 Å². The fourth-order valence-corrected chi connectivity index (χ4v) is 2.27. The molecule has 1 heterocycles. The summed E-state index contributed by atoms with van der Waals surface area (Å²) >= 11 is 0. The molecule has 0 aliphatic carbocycles. The summed E-state index contributed by atoms with van der Waals surface area (Å²) in [6.45, 7) is 15.2. The molecule has 2 aromatic carbocycles. The van der Waals surface area contributed by atoms with Crippen molar-refractivity contribution >= 4 is 0 Å². The number of benzene rings is 2. The van der Waals surface area contributed by atoms with Gasteiger partial charge in [0, 0.05) is 0 Å². The minimum Gasteiger partial charge on any atom is -0.349 e. The van der Waals surface area contributed by atoms with Crippen molar-refractivity contribution in [2.45, 2.75) is 40.5 Å². The minimum absolute atomic E-state index is 0. The largest absolute Gasteiger partial charge is 1.00 e. The Hall–Kier alpha value is -1.55. The predicted molar refractivity (Wildman–Crippen MR) is 116 cm³/mol. The SMILES string of the molecule is CCc1ccc(C)c(F)c1.Cc1cc[c-]c(C#N)c1.[CH2-]Cc1ncnc(C)c1[CH2-].[K+]. The molecule has 3 aromatic rings. The summed E-state index contributed by atoms with van der Waals surface area (Å²) in [4.78, 5) is 8.01. The number of hydrogen-bond donors (Lipinski definition) is 0. The van der Waals surface area contributed by atoms with Crippen molar-refractivity contribution in [3.8, 4) is 6.07 Å². The standard InChI is InChI=1S/C9H11F.C8H10N2.C8H6N.K/c1-3-8-5-4-7(2)9(10)6-8;1-4-8-6(2)7(3)9-5-10-8;1-7-3-2-4-8(5-7)6-9;/h4-6H,3H2,1-2H3;5H,1-2,4H2,3H3;2-3,5H,1H3;/q;-2;-1;+1. The first-order valence-corrected chi connectivity index (χ1v) is 9.37. The molecule has 0 saturated heterocycles. The first kappa shape index (κ1) is 28.4. The average Bonchev–Trinajstić information content (AvgIpc) is 2.73. The van der Waals surface area contributed by atoms with Gasteiger partial charge < -0.3 is 16.9 Å². The molecule has 3 nitrogen and oxygen atoms in total. The van der Waals surface area contributed by atoms with Crippen LogP contribution >= 0.6 is 0 Å². The smallest absolute Gasteiger partial charge is 0.349 e.